The van der Waals surface area contributed by atoms with Crippen LogP contribution in [0.3, 0.4) is 0 Å². The van der Waals surface area contributed by atoms with Crippen molar-refractivity contribution in [2.75, 3.05) is 0 Å². The Kier molecular flexibility index (Phi) is 6.52. The van der Waals surface area contributed by atoms with Crippen LogP contribution in [0.15, 0.2) is 0 Å². The van der Waals surface area contributed by atoms with Crippen molar-refractivity contribution in [3.05, 3.63) is 0 Å². The SMILES string of the molecule is CC(C)(C)[Si](C)(C)O[C@H]1[C@H](O)C[C@@H]2O[C@H]1C[C@@H](O)[C@@H]2O[Si](C)(C)C(C)(C)C. The molecular formula is C20H42O5Si2. The lowest BCUT2D eigenvalue weighted by Gasteiger charge is -2.53. The number of rotatable bonds is 4. The summed E-state index contributed by atoms with van der Waals surface area (Å²) in [6.45, 7) is 21.9. The third-order valence-corrected chi connectivity index (χ3v) is 16.2. The van der Waals surface area contributed by atoms with E-state index in [1.807, 2.05) is 0 Å². The van der Waals surface area contributed by atoms with Gasteiger partial charge >= 0.3 is 0 Å². The number of hydrogen-bond acceptors (Lipinski definition) is 5. The maximum absolute atomic E-state index is 10.9. The summed E-state index contributed by atoms with van der Waals surface area (Å²) in [5.74, 6) is 0. The number of aliphatic hydroxyl groups excluding tert-OH is 2. The fourth-order valence-electron chi connectivity index (χ4n) is 3.34. The lowest BCUT2D eigenvalue weighted by Crippen LogP contribution is -2.64. The first kappa shape index (κ1) is 23.5. The van der Waals surface area contributed by atoms with Crippen LogP contribution in [0.4, 0.5) is 0 Å². The summed E-state index contributed by atoms with van der Waals surface area (Å²) in [6, 6.07) is 0. The molecule has 2 rings (SSSR count). The second-order valence-corrected chi connectivity index (χ2v) is 21.0. The summed E-state index contributed by atoms with van der Waals surface area (Å²) in [6.07, 6.45) is -1.56. The zero-order valence-corrected chi connectivity index (χ0v) is 21.0. The first-order valence-corrected chi connectivity index (χ1v) is 16.2. The standard InChI is InChI=1S/C20H42O5Si2/c1-19(2,3)26(7,8)24-17-13(21)11-16-18(14(22)12-15(17)23-16)25-27(9,10)20(4,5)6/h13-18,21-22H,11-12H2,1-10H3/t13-,14-,15+,16+,17+,18+/m1/s1. The van der Waals surface area contributed by atoms with Gasteiger partial charge in [-0.3, -0.25) is 0 Å². The van der Waals surface area contributed by atoms with Crippen LogP contribution in [0.5, 0.6) is 0 Å². The minimum Gasteiger partial charge on any atom is -0.409 e. The van der Waals surface area contributed by atoms with Gasteiger partial charge in [-0.2, -0.15) is 0 Å². The Bertz CT molecular complexity index is 473. The van der Waals surface area contributed by atoms with E-state index in [4.69, 9.17) is 13.6 Å². The van der Waals surface area contributed by atoms with Crippen LogP contribution in [0.25, 0.3) is 0 Å². The van der Waals surface area contributed by atoms with Gasteiger partial charge in [0.2, 0.25) is 0 Å². The average Bonchev–Trinajstić information content (AvgIpc) is 2.44. The van der Waals surface area contributed by atoms with Crippen molar-refractivity contribution >= 4 is 16.6 Å². The summed E-state index contributed by atoms with van der Waals surface area (Å²) in [5.41, 5.74) is 0. The highest BCUT2D eigenvalue weighted by Gasteiger charge is 2.53. The average molecular weight is 419 g/mol. The molecule has 2 heterocycles. The topological polar surface area (TPSA) is 68.2 Å². The van der Waals surface area contributed by atoms with Gasteiger partial charge in [-0.1, -0.05) is 41.5 Å². The fraction of sp³-hybridized carbons (Fsp3) is 1.00. The second kappa shape index (κ2) is 7.49. The Labute approximate surface area is 168 Å². The molecule has 2 bridgehead atoms. The Balaban J connectivity index is 2.14. The van der Waals surface area contributed by atoms with Gasteiger partial charge in [0.1, 0.15) is 0 Å². The Morgan fingerprint density at radius 3 is 1.26 bits per heavy atom. The maximum atomic E-state index is 10.9. The highest BCUT2D eigenvalue weighted by molar-refractivity contribution is 6.74. The molecule has 6 atom stereocenters. The van der Waals surface area contributed by atoms with E-state index in [9.17, 15) is 10.2 Å². The van der Waals surface area contributed by atoms with Gasteiger partial charge in [0.05, 0.1) is 36.6 Å². The lowest BCUT2D eigenvalue weighted by molar-refractivity contribution is -0.237. The lowest BCUT2D eigenvalue weighted by atomic mass is 9.84. The smallest absolute Gasteiger partial charge is 0.192 e. The Hall–Kier alpha value is 0.234. The molecule has 0 spiro atoms. The molecule has 160 valence electrons. The summed E-state index contributed by atoms with van der Waals surface area (Å²) in [5, 5.41) is 21.8. The molecule has 0 aromatic rings. The molecule has 0 unspecified atom stereocenters. The molecular weight excluding hydrogens is 376 g/mol. The Morgan fingerprint density at radius 1 is 0.704 bits per heavy atom. The molecule has 2 N–H and O–H groups in total. The normalized spacial score (nSPS) is 36.0. The predicted octanol–water partition coefficient (Wildman–Crippen LogP) is 4.05. The van der Waals surface area contributed by atoms with Crippen LogP contribution in [-0.2, 0) is 13.6 Å². The van der Waals surface area contributed by atoms with Crippen LogP contribution in [0, 0.1) is 0 Å². The molecule has 0 radical (unpaired) electrons. The van der Waals surface area contributed by atoms with E-state index in [2.05, 4.69) is 67.7 Å². The van der Waals surface area contributed by atoms with E-state index in [1.165, 1.54) is 0 Å². The summed E-state index contributed by atoms with van der Waals surface area (Å²) in [4.78, 5) is 0. The van der Waals surface area contributed by atoms with E-state index < -0.39 is 28.8 Å². The van der Waals surface area contributed by atoms with Crippen molar-refractivity contribution in [1.82, 2.24) is 0 Å². The van der Waals surface area contributed by atoms with Gasteiger partial charge < -0.3 is 23.8 Å². The third-order valence-electron chi connectivity index (χ3n) is 7.26. The maximum Gasteiger partial charge on any atom is 0.192 e. The van der Waals surface area contributed by atoms with Crippen LogP contribution in [0.2, 0.25) is 36.3 Å². The summed E-state index contributed by atoms with van der Waals surface area (Å²) >= 11 is 0. The fourth-order valence-corrected chi connectivity index (χ4v) is 6.03. The zero-order chi connectivity index (χ0) is 21.0. The minimum absolute atomic E-state index is 0.0603. The van der Waals surface area contributed by atoms with Gasteiger partial charge in [-0.15, -0.1) is 0 Å². The number of aliphatic hydroxyl groups is 2. The van der Waals surface area contributed by atoms with Gasteiger partial charge in [0.15, 0.2) is 16.6 Å². The van der Waals surface area contributed by atoms with E-state index >= 15 is 0 Å². The molecule has 2 saturated heterocycles. The number of fused-ring (bicyclic) bond motifs is 2. The highest BCUT2D eigenvalue weighted by atomic mass is 28.4. The molecule has 0 aromatic heterocycles. The predicted molar refractivity (Wildman–Crippen MR) is 114 cm³/mol. The number of hydrogen-bond donors (Lipinski definition) is 2. The van der Waals surface area contributed by atoms with Crippen LogP contribution in [0.1, 0.15) is 54.4 Å². The highest BCUT2D eigenvalue weighted by Crippen LogP contribution is 2.44. The number of ether oxygens (including phenoxy) is 1. The molecule has 5 nitrogen and oxygen atoms in total. The molecule has 2 fully saturated rings. The van der Waals surface area contributed by atoms with Crippen molar-refractivity contribution in [3.8, 4) is 0 Å². The van der Waals surface area contributed by atoms with Gasteiger partial charge in [-0.25, -0.2) is 0 Å². The van der Waals surface area contributed by atoms with Crippen molar-refractivity contribution in [2.45, 2.75) is 127 Å². The van der Waals surface area contributed by atoms with Crippen molar-refractivity contribution in [2.24, 2.45) is 0 Å². The first-order chi connectivity index (χ1) is 12.0. The molecule has 0 aromatic carbocycles. The Morgan fingerprint density at radius 2 is 1.00 bits per heavy atom. The monoisotopic (exact) mass is 418 g/mol. The van der Waals surface area contributed by atoms with Gasteiger partial charge in [0, 0.05) is 12.8 Å². The van der Waals surface area contributed by atoms with Crippen molar-refractivity contribution < 1.29 is 23.8 Å². The molecule has 0 aliphatic carbocycles. The van der Waals surface area contributed by atoms with Crippen molar-refractivity contribution in [1.29, 1.82) is 0 Å². The molecule has 0 amide bonds. The van der Waals surface area contributed by atoms with E-state index in [0.717, 1.165) is 0 Å². The van der Waals surface area contributed by atoms with Gasteiger partial charge in [0.25, 0.3) is 0 Å². The van der Waals surface area contributed by atoms with Crippen LogP contribution in [-0.4, -0.2) is 63.5 Å². The van der Waals surface area contributed by atoms with E-state index in [1.54, 1.807) is 0 Å². The zero-order valence-electron chi connectivity index (χ0n) is 19.0. The molecule has 0 saturated carbocycles. The van der Waals surface area contributed by atoms with Crippen molar-refractivity contribution in [3.63, 3.8) is 0 Å². The first-order valence-electron chi connectivity index (χ1n) is 10.3. The summed E-state index contributed by atoms with van der Waals surface area (Å²) < 4.78 is 19.3. The second-order valence-electron chi connectivity index (χ2n) is 11.5. The van der Waals surface area contributed by atoms with Crippen LogP contribution < -0.4 is 0 Å². The minimum atomic E-state index is -2.04. The van der Waals surface area contributed by atoms with E-state index in [-0.39, 0.29) is 34.5 Å². The third kappa shape index (κ3) is 4.87. The molecule has 2 aliphatic heterocycles. The quantitative estimate of drug-likeness (QED) is 0.674. The molecule has 27 heavy (non-hydrogen) atoms. The van der Waals surface area contributed by atoms with E-state index in [0.29, 0.717) is 12.8 Å². The largest absolute Gasteiger partial charge is 0.409 e. The summed E-state index contributed by atoms with van der Waals surface area (Å²) in [7, 11) is -4.08. The molecule has 2 aliphatic rings. The van der Waals surface area contributed by atoms with Gasteiger partial charge in [-0.05, 0) is 36.3 Å². The van der Waals surface area contributed by atoms with Crippen LogP contribution >= 0.6 is 0 Å². The molecule has 7 heteroatoms.